The number of carboxylic acid groups (broad SMARTS) is 1. The van der Waals surface area contributed by atoms with Gasteiger partial charge in [-0.3, -0.25) is 9.59 Å². The van der Waals surface area contributed by atoms with Crippen molar-refractivity contribution in [2.24, 2.45) is 11.8 Å². The van der Waals surface area contributed by atoms with Gasteiger partial charge in [0.15, 0.2) is 0 Å². The molecule has 1 aliphatic carbocycles. The third kappa shape index (κ3) is 3.12. The monoisotopic (exact) mass is 331 g/mol. The Morgan fingerprint density at radius 1 is 1.38 bits per heavy atom. The quantitative estimate of drug-likeness (QED) is 0.870. The third-order valence-corrected chi connectivity index (χ3v) is 5.10. The molecule has 1 heterocycles. The Morgan fingerprint density at radius 3 is 2.83 bits per heavy atom. The van der Waals surface area contributed by atoms with Crippen LogP contribution in [0.2, 0.25) is 0 Å². The molecule has 0 bridgehead atoms. The van der Waals surface area contributed by atoms with Crippen molar-refractivity contribution < 1.29 is 19.4 Å². The van der Waals surface area contributed by atoms with Crippen LogP contribution in [0, 0.1) is 11.8 Å². The van der Waals surface area contributed by atoms with E-state index in [-0.39, 0.29) is 30.2 Å². The summed E-state index contributed by atoms with van der Waals surface area (Å²) in [6.45, 7) is 5.63. The Bertz CT molecular complexity index is 642. The molecular weight excluding hydrogens is 306 g/mol. The number of carboxylic acids is 1. The number of rotatable bonds is 6. The van der Waals surface area contributed by atoms with Gasteiger partial charge in [-0.05, 0) is 24.8 Å². The normalized spacial score (nSPS) is 24.4. The molecule has 2 aliphatic rings. The Balaban J connectivity index is 1.77. The largest absolute Gasteiger partial charge is 0.493 e. The number of hydrogen-bond donors (Lipinski definition) is 1. The molecule has 1 fully saturated rings. The van der Waals surface area contributed by atoms with Crippen LogP contribution in [-0.2, 0) is 15.0 Å². The number of amides is 1. The molecule has 5 nitrogen and oxygen atoms in total. The van der Waals surface area contributed by atoms with Crippen LogP contribution in [0.25, 0.3) is 0 Å². The zero-order valence-corrected chi connectivity index (χ0v) is 14.3. The van der Waals surface area contributed by atoms with Crippen molar-refractivity contribution in [3.8, 4) is 5.75 Å². The molecule has 3 rings (SSSR count). The average molecular weight is 331 g/mol. The SMILES string of the molecule is CC(C)CN(CCC(=O)O)C(=O)[C@@H]1C[C@]12CCOc1ccccc12. The number of carbonyl (C=O) groups is 2. The Kier molecular flexibility index (Phi) is 4.52. The van der Waals surface area contributed by atoms with E-state index in [2.05, 4.69) is 6.07 Å². The lowest BCUT2D eigenvalue weighted by Gasteiger charge is -2.29. The van der Waals surface area contributed by atoms with Crippen molar-refractivity contribution in [2.75, 3.05) is 19.7 Å². The van der Waals surface area contributed by atoms with E-state index >= 15 is 0 Å². The molecular formula is C19H25NO4. The average Bonchev–Trinajstić information content (AvgIpc) is 3.25. The van der Waals surface area contributed by atoms with Gasteiger partial charge in [-0.1, -0.05) is 32.0 Å². The summed E-state index contributed by atoms with van der Waals surface area (Å²) in [7, 11) is 0. The second kappa shape index (κ2) is 6.46. The van der Waals surface area contributed by atoms with Crippen LogP contribution in [0.4, 0.5) is 0 Å². The molecule has 0 radical (unpaired) electrons. The molecule has 1 aliphatic heterocycles. The zero-order chi connectivity index (χ0) is 17.3. The second-order valence-corrected chi connectivity index (χ2v) is 7.33. The maximum Gasteiger partial charge on any atom is 0.305 e. The third-order valence-electron chi connectivity index (χ3n) is 5.10. The van der Waals surface area contributed by atoms with Crippen molar-refractivity contribution in [1.29, 1.82) is 0 Å². The van der Waals surface area contributed by atoms with Crippen LogP contribution in [0.15, 0.2) is 24.3 Å². The highest BCUT2D eigenvalue weighted by atomic mass is 16.5. The lowest BCUT2D eigenvalue weighted by molar-refractivity contribution is -0.139. The van der Waals surface area contributed by atoms with Gasteiger partial charge >= 0.3 is 5.97 Å². The summed E-state index contributed by atoms with van der Waals surface area (Å²) in [4.78, 5) is 25.7. The predicted molar refractivity (Wildman–Crippen MR) is 90.0 cm³/mol. The van der Waals surface area contributed by atoms with Crippen molar-refractivity contribution in [3.05, 3.63) is 29.8 Å². The van der Waals surface area contributed by atoms with Gasteiger partial charge in [-0.25, -0.2) is 0 Å². The van der Waals surface area contributed by atoms with Crippen LogP contribution in [0.1, 0.15) is 38.7 Å². The minimum Gasteiger partial charge on any atom is -0.493 e. The lowest BCUT2D eigenvalue weighted by atomic mass is 9.87. The number of para-hydroxylation sites is 1. The van der Waals surface area contributed by atoms with Gasteiger partial charge in [0.05, 0.1) is 13.0 Å². The first-order valence-corrected chi connectivity index (χ1v) is 8.67. The fraction of sp³-hybridized carbons (Fsp3) is 0.579. The highest BCUT2D eigenvalue weighted by molar-refractivity contribution is 5.85. The summed E-state index contributed by atoms with van der Waals surface area (Å²) in [6, 6.07) is 7.97. The number of carbonyl (C=O) groups excluding carboxylic acids is 1. The van der Waals surface area contributed by atoms with Gasteiger partial charge < -0.3 is 14.7 Å². The summed E-state index contributed by atoms with van der Waals surface area (Å²) in [6.07, 6.45) is 1.70. The number of aliphatic carboxylic acids is 1. The molecule has 24 heavy (non-hydrogen) atoms. The highest BCUT2D eigenvalue weighted by Crippen LogP contribution is 2.61. The van der Waals surface area contributed by atoms with E-state index in [1.807, 2.05) is 32.0 Å². The Labute approximate surface area is 142 Å². The van der Waals surface area contributed by atoms with Gasteiger partial charge in [0, 0.05) is 30.0 Å². The maximum absolute atomic E-state index is 13.0. The fourth-order valence-corrected chi connectivity index (χ4v) is 3.87. The first-order chi connectivity index (χ1) is 11.4. The van der Waals surface area contributed by atoms with Crippen molar-refractivity contribution in [2.45, 2.75) is 38.5 Å². The van der Waals surface area contributed by atoms with Crippen molar-refractivity contribution in [3.63, 3.8) is 0 Å². The molecule has 1 amide bonds. The fourth-order valence-electron chi connectivity index (χ4n) is 3.87. The molecule has 0 aromatic heterocycles. The first-order valence-electron chi connectivity index (χ1n) is 8.67. The molecule has 0 saturated heterocycles. The van der Waals surface area contributed by atoms with Crippen LogP contribution < -0.4 is 4.74 Å². The van der Waals surface area contributed by atoms with E-state index in [0.717, 1.165) is 24.2 Å². The molecule has 5 heteroatoms. The summed E-state index contributed by atoms with van der Waals surface area (Å²) in [5.41, 5.74) is 1.03. The van der Waals surface area contributed by atoms with E-state index in [0.29, 0.717) is 19.1 Å². The Morgan fingerprint density at radius 2 is 2.12 bits per heavy atom. The van der Waals surface area contributed by atoms with Gasteiger partial charge in [-0.15, -0.1) is 0 Å². The summed E-state index contributed by atoms with van der Waals surface area (Å²) in [5.74, 6) is 0.398. The minimum atomic E-state index is -0.863. The van der Waals surface area contributed by atoms with Crippen LogP contribution in [-0.4, -0.2) is 41.6 Å². The van der Waals surface area contributed by atoms with E-state index in [9.17, 15) is 9.59 Å². The molecule has 1 aromatic rings. The molecule has 1 saturated carbocycles. The summed E-state index contributed by atoms with van der Waals surface area (Å²) >= 11 is 0. The van der Waals surface area contributed by atoms with Gasteiger partial charge in [0.1, 0.15) is 5.75 Å². The maximum atomic E-state index is 13.0. The molecule has 130 valence electrons. The standard InChI is InChI=1S/C19H25NO4/c1-13(2)12-20(9-7-17(21)22)18(23)15-11-19(15)8-10-24-16-6-4-3-5-14(16)19/h3-6,13,15H,7-12H2,1-2H3,(H,21,22)/t15-,19-/m0/s1. The predicted octanol–water partition coefficient (Wildman–Crippen LogP) is 2.69. The number of nitrogens with zero attached hydrogens (tertiary/aromatic N) is 1. The molecule has 1 spiro atoms. The minimum absolute atomic E-state index is 0.00211. The van der Waals surface area contributed by atoms with E-state index in [1.165, 1.54) is 0 Å². The van der Waals surface area contributed by atoms with Crippen LogP contribution in [0.3, 0.4) is 0 Å². The van der Waals surface area contributed by atoms with Crippen LogP contribution >= 0.6 is 0 Å². The van der Waals surface area contributed by atoms with Gasteiger partial charge in [0.25, 0.3) is 0 Å². The van der Waals surface area contributed by atoms with Gasteiger partial charge in [0.2, 0.25) is 5.91 Å². The summed E-state index contributed by atoms with van der Waals surface area (Å²) in [5, 5.41) is 8.95. The molecule has 1 aromatic carbocycles. The van der Waals surface area contributed by atoms with E-state index in [4.69, 9.17) is 9.84 Å². The molecule has 0 unspecified atom stereocenters. The number of fused-ring (bicyclic) bond motifs is 2. The van der Waals surface area contributed by atoms with Crippen molar-refractivity contribution in [1.82, 2.24) is 4.90 Å². The second-order valence-electron chi connectivity index (χ2n) is 7.33. The number of benzene rings is 1. The van der Waals surface area contributed by atoms with Crippen molar-refractivity contribution >= 4 is 11.9 Å². The first kappa shape index (κ1) is 16.8. The summed E-state index contributed by atoms with van der Waals surface area (Å²) < 4.78 is 5.73. The van der Waals surface area contributed by atoms with Gasteiger partial charge in [-0.2, -0.15) is 0 Å². The smallest absolute Gasteiger partial charge is 0.305 e. The zero-order valence-electron chi connectivity index (χ0n) is 14.3. The van der Waals surface area contributed by atoms with Crippen LogP contribution in [0.5, 0.6) is 5.75 Å². The highest BCUT2D eigenvalue weighted by Gasteiger charge is 2.61. The topological polar surface area (TPSA) is 66.8 Å². The molecule has 1 N–H and O–H groups in total. The number of hydrogen-bond acceptors (Lipinski definition) is 3. The van der Waals surface area contributed by atoms with E-state index in [1.54, 1.807) is 4.90 Å². The number of ether oxygens (including phenoxy) is 1. The van der Waals surface area contributed by atoms with E-state index < -0.39 is 5.97 Å². The molecule has 2 atom stereocenters. The lowest BCUT2D eigenvalue weighted by Crippen LogP contribution is -2.39. The Hall–Kier alpha value is -2.04.